The maximum Gasteiger partial charge on any atom is 0.251 e. The number of unbranched alkanes of at least 4 members (excludes halogenated alkanes) is 3. The molecular weight excluding hydrogens is 482 g/mol. The molecule has 194 valence electrons. The van der Waals surface area contributed by atoms with Crippen molar-refractivity contribution in [1.82, 2.24) is 14.9 Å². The lowest BCUT2D eigenvalue weighted by atomic mass is 10.1. The lowest BCUT2D eigenvalue weighted by molar-refractivity contribution is 0.0953. The number of rotatable bonds is 13. The Morgan fingerprint density at radius 3 is 2.65 bits per heavy atom. The van der Waals surface area contributed by atoms with Gasteiger partial charge in [-0.3, -0.25) is 4.79 Å². The van der Waals surface area contributed by atoms with Gasteiger partial charge in [0.2, 0.25) is 0 Å². The number of nitrogens with one attached hydrogen (secondary N) is 1. The molecule has 0 aliphatic carbocycles. The number of para-hydroxylation sites is 2. The molecule has 4 aromatic rings. The lowest BCUT2D eigenvalue weighted by Crippen LogP contribution is -2.24. The number of imidazole rings is 1. The Morgan fingerprint density at radius 2 is 1.81 bits per heavy atom. The van der Waals surface area contributed by atoms with E-state index in [0.29, 0.717) is 23.7 Å². The van der Waals surface area contributed by atoms with Gasteiger partial charge in [-0.25, -0.2) is 4.98 Å². The highest BCUT2D eigenvalue weighted by atomic mass is 35.5. The SMILES string of the molecule is Cc1ccc(OCCCCn2c(CCCCCNC(=O)c3cccc(Cl)c3)nc3ccccc32)c(C)c1. The van der Waals surface area contributed by atoms with Crippen molar-refractivity contribution in [2.24, 2.45) is 0 Å². The number of carbonyl (C=O) groups excluding carboxylic acids is 1. The number of benzene rings is 3. The fourth-order valence-electron chi connectivity index (χ4n) is 4.60. The molecule has 0 unspecified atom stereocenters. The van der Waals surface area contributed by atoms with Crippen LogP contribution in [0.25, 0.3) is 11.0 Å². The Kier molecular flexibility index (Phi) is 9.61. The van der Waals surface area contributed by atoms with Crippen molar-refractivity contribution in [2.45, 2.75) is 58.9 Å². The predicted octanol–water partition coefficient (Wildman–Crippen LogP) is 7.31. The number of halogens is 1. The highest BCUT2D eigenvalue weighted by molar-refractivity contribution is 6.30. The molecule has 4 rings (SSSR count). The van der Waals surface area contributed by atoms with Crippen LogP contribution in [0.1, 0.15) is 59.4 Å². The largest absolute Gasteiger partial charge is 0.493 e. The second-order valence-electron chi connectivity index (χ2n) is 9.57. The van der Waals surface area contributed by atoms with Gasteiger partial charge in [0.1, 0.15) is 11.6 Å². The zero-order chi connectivity index (χ0) is 26.0. The summed E-state index contributed by atoms with van der Waals surface area (Å²) in [5, 5.41) is 3.56. The second-order valence-corrected chi connectivity index (χ2v) is 10.0. The van der Waals surface area contributed by atoms with Crippen LogP contribution in [0.4, 0.5) is 0 Å². The molecule has 3 aromatic carbocycles. The number of fused-ring (bicyclic) bond motifs is 1. The zero-order valence-corrected chi connectivity index (χ0v) is 22.6. The highest BCUT2D eigenvalue weighted by Gasteiger charge is 2.11. The molecule has 0 spiro atoms. The minimum atomic E-state index is -0.0780. The van der Waals surface area contributed by atoms with Crippen LogP contribution in [0, 0.1) is 13.8 Å². The van der Waals surface area contributed by atoms with Gasteiger partial charge in [0.05, 0.1) is 17.6 Å². The van der Waals surface area contributed by atoms with Crippen LogP contribution in [0.2, 0.25) is 5.02 Å². The van der Waals surface area contributed by atoms with E-state index in [1.54, 1.807) is 24.3 Å². The van der Waals surface area contributed by atoms with Crippen molar-refractivity contribution in [3.63, 3.8) is 0 Å². The van der Waals surface area contributed by atoms with E-state index >= 15 is 0 Å². The van der Waals surface area contributed by atoms with E-state index < -0.39 is 0 Å². The smallest absolute Gasteiger partial charge is 0.251 e. The molecule has 0 aliphatic rings. The van der Waals surface area contributed by atoms with Crippen molar-refractivity contribution in [1.29, 1.82) is 0 Å². The van der Waals surface area contributed by atoms with Gasteiger partial charge >= 0.3 is 0 Å². The van der Waals surface area contributed by atoms with E-state index in [2.05, 4.69) is 60.1 Å². The quantitative estimate of drug-likeness (QED) is 0.189. The maximum atomic E-state index is 12.3. The normalized spacial score (nSPS) is 11.1. The average molecular weight is 518 g/mol. The third-order valence-electron chi connectivity index (χ3n) is 6.55. The molecule has 0 bridgehead atoms. The lowest BCUT2D eigenvalue weighted by Gasteiger charge is -2.12. The first-order chi connectivity index (χ1) is 18.0. The van der Waals surface area contributed by atoms with Crippen molar-refractivity contribution in [3.05, 3.63) is 94.3 Å². The minimum absolute atomic E-state index is 0.0780. The van der Waals surface area contributed by atoms with Crippen LogP contribution in [0.15, 0.2) is 66.7 Å². The third-order valence-corrected chi connectivity index (χ3v) is 6.78. The molecule has 0 saturated heterocycles. The fourth-order valence-corrected chi connectivity index (χ4v) is 4.79. The Balaban J connectivity index is 1.22. The van der Waals surface area contributed by atoms with Crippen LogP contribution in [-0.2, 0) is 13.0 Å². The fraction of sp³-hybridized carbons (Fsp3) is 0.355. The van der Waals surface area contributed by atoms with Crippen LogP contribution >= 0.6 is 11.6 Å². The van der Waals surface area contributed by atoms with Gasteiger partial charge in [-0.05, 0) is 81.5 Å². The number of nitrogens with zero attached hydrogens (tertiary/aromatic N) is 2. The summed E-state index contributed by atoms with van der Waals surface area (Å²) >= 11 is 5.98. The summed E-state index contributed by atoms with van der Waals surface area (Å²) in [4.78, 5) is 17.2. The molecule has 5 nitrogen and oxygen atoms in total. The van der Waals surface area contributed by atoms with Crippen molar-refractivity contribution >= 4 is 28.5 Å². The molecule has 0 atom stereocenters. The molecule has 0 radical (unpaired) electrons. The van der Waals surface area contributed by atoms with Gasteiger partial charge in [-0.1, -0.05) is 53.9 Å². The highest BCUT2D eigenvalue weighted by Crippen LogP contribution is 2.21. The summed E-state index contributed by atoms with van der Waals surface area (Å²) in [6.07, 6.45) is 5.95. The van der Waals surface area contributed by atoms with Crippen LogP contribution in [0.3, 0.4) is 0 Å². The van der Waals surface area contributed by atoms with Crippen molar-refractivity contribution in [2.75, 3.05) is 13.2 Å². The first kappa shape index (κ1) is 26.7. The molecule has 1 amide bonds. The van der Waals surface area contributed by atoms with Crippen LogP contribution in [0.5, 0.6) is 5.75 Å². The van der Waals surface area contributed by atoms with E-state index in [4.69, 9.17) is 21.3 Å². The van der Waals surface area contributed by atoms with Gasteiger partial charge in [0.25, 0.3) is 5.91 Å². The number of ether oxygens (including phenoxy) is 1. The predicted molar refractivity (Wildman–Crippen MR) is 152 cm³/mol. The number of carbonyl (C=O) groups is 1. The monoisotopic (exact) mass is 517 g/mol. The molecule has 1 aromatic heterocycles. The number of aromatic nitrogens is 2. The summed E-state index contributed by atoms with van der Waals surface area (Å²) in [7, 11) is 0. The molecule has 0 saturated carbocycles. The Morgan fingerprint density at radius 1 is 0.946 bits per heavy atom. The number of amides is 1. The van der Waals surface area contributed by atoms with Gasteiger partial charge in [-0.15, -0.1) is 0 Å². The van der Waals surface area contributed by atoms with Gasteiger partial charge in [-0.2, -0.15) is 0 Å². The van der Waals surface area contributed by atoms with Gasteiger partial charge < -0.3 is 14.6 Å². The maximum absolute atomic E-state index is 12.3. The molecule has 37 heavy (non-hydrogen) atoms. The second kappa shape index (κ2) is 13.3. The summed E-state index contributed by atoms with van der Waals surface area (Å²) in [6.45, 7) is 6.50. The first-order valence-corrected chi connectivity index (χ1v) is 13.6. The molecule has 0 aliphatic heterocycles. The Hall–Kier alpha value is -3.31. The third kappa shape index (κ3) is 7.59. The number of aryl methyl sites for hydroxylation is 4. The molecule has 1 N–H and O–H groups in total. The first-order valence-electron chi connectivity index (χ1n) is 13.2. The van der Waals surface area contributed by atoms with E-state index in [-0.39, 0.29) is 5.91 Å². The van der Waals surface area contributed by atoms with Crippen molar-refractivity contribution in [3.8, 4) is 5.75 Å². The van der Waals surface area contributed by atoms with E-state index in [9.17, 15) is 4.79 Å². The molecule has 6 heteroatoms. The summed E-state index contributed by atoms with van der Waals surface area (Å²) in [6, 6.07) is 21.7. The molecule has 0 fully saturated rings. The standard InChI is InChI=1S/C31H36ClN3O2/c1-23-16-17-29(24(2)21-23)37-20-9-8-19-35-28-14-6-5-13-27(28)34-30(35)15-4-3-7-18-33-31(36)25-11-10-12-26(32)22-25/h5-6,10-14,16-17,21-22H,3-4,7-9,15,18-20H2,1-2H3,(H,33,36). The Bertz CT molecular complexity index is 1330. The number of hydrogen-bond acceptors (Lipinski definition) is 3. The summed E-state index contributed by atoms with van der Waals surface area (Å²) in [5.41, 5.74) is 5.29. The molecular formula is C31H36ClN3O2. The summed E-state index contributed by atoms with van der Waals surface area (Å²) in [5.74, 6) is 2.04. The topological polar surface area (TPSA) is 56.1 Å². The minimum Gasteiger partial charge on any atom is -0.493 e. The van der Waals surface area contributed by atoms with Crippen molar-refractivity contribution < 1.29 is 9.53 Å². The van der Waals surface area contributed by atoms with Gasteiger partial charge in [0.15, 0.2) is 0 Å². The summed E-state index contributed by atoms with van der Waals surface area (Å²) < 4.78 is 8.39. The van der Waals surface area contributed by atoms with E-state index in [0.717, 1.165) is 62.2 Å². The Labute approximate surface area is 224 Å². The van der Waals surface area contributed by atoms with Crippen LogP contribution in [-0.4, -0.2) is 28.6 Å². The number of hydrogen-bond donors (Lipinski definition) is 1. The molecule has 1 heterocycles. The zero-order valence-electron chi connectivity index (χ0n) is 21.8. The van der Waals surface area contributed by atoms with E-state index in [1.165, 1.54) is 16.6 Å². The van der Waals surface area contributed by atoms with Gasteiger partial charge in [0, 0.05) is 30.1 Å². The van der Waals surface area contributed by atoms with Crippen LogP contribution < -0.4 is 10.1 Å². The average Bonchev–Trinajstić information content (AvgIpc) is 3.24. The van der Waals surface area contributed by atoms with E-state index in [1.807, 2.05) is 6.07 Å².